The van der Waals surface area contributed by atoms with E-state index in [9.17, 15) is 0 Å². The van der Waals surface area contributed by atoms with Crippen LogP contribution in [0.4, 0.5) is 0 Å². The number of halogens is 2. The Morgan fingerprint density at radius 3 is 2.81 bits per heavy atom. The van der Waals surface area contributed by atoms with Gasteiger partial charge in [0.1, 0.15) is 0 Å². The highest BCUT2D eigenvalue weighted by molar-refractivity contribution is 7.99. The Hall–Kier alpha value is 0.110. The van der Waals surface area contributed by atoms with Gasteiger partial charge in [0.05, 0.1) is 10.0 Å². The van der Waals surface area contributed by atoms with Gasteiger partial charge in [0.2, 0.25) is 0 Å². The van der Waals surface area contributed by atoms with Crippen LogP contribution in [0.5, 0.6) is 0 Å². The van der Waals surface area contributed by atoms with Crippen LogP contribution in [0.1, 0.15) is 24.9 Å². The highest BCUT2D eigenvalue weighted by atomic mass is 35.5. The highest BCUT2D eigenvalue weighted by Crippen LogP contribution is 2.30. The van der Waals surface area contributed by atoms with Crippen molar-refractivity contribution >= 4 is 35.0 Å². The predicted octanol–water partition coefficient (Wildman–Crippen LogP) is 4.15. The topological polar surface area (TPSA) is 12.0 Å². The average Bonchev–Trinajstić information content (AvgIpc) is 2.33. The smallest absolute Gasteiger partial charge is 0.0595 e. The second kappa shape index (κ2) is 5.63. The molecule has 88 valence electrons. The van der Waals surface area contributed by atoms with Crippen molar-refractivity contribution in [3.8, 4) is 0 Å². The second-order valence-corrected chi connectivity index (χ2v) is 5.92. The summed E-state index contributed by atoms with van der Waals surface area (Å²) in [6.07, 6.45) is 1.17. The molecular formula is C12H15Cl2NS. The second-order valence-electron chi connectivity index (χ2n) is 4.04. The molecule has 1 heterocycles. The van der Waals surface area contributed by atoms with E-state index >= 15 is 0 Å². The van der Waals surface area contributed by atoms with E-state index in [0.717, 1.165) is 5.75 Å². The first-order valence-electron chi connectivity index (χ1n) is 5.49. The average molecular weight is 276 g/mol. The van der Waals surface area contributed by atoms with E-state index in [1.54, 1.807) is 0 Å². The molecule has 0 spiro atoms. The van der Waals surface area contributed by atoms with Crippen LogP contribution < -0.4 is 5.32 Å². The molecule has 1 fully saturated rings. The molecule has 1 aliphatic heterocycles. The van der Waals surface area contributed by atoms with Gasteiger partial charge >= 0.3 is 0 Å². The van der Waals surface area contributed by atoms with E-state index in [-0.39, 0.29) is 0 Å². The van der Waals surface area contributed by atoms with Gasteiger partial charge in [0.25, 0.3) is 0 Å². The maximum atomic E-state index is 6.04. The standard InChI is InChI=1S/C12H15Cl2NS/c1-2-9-6-16-7-12(15-9)8-3-4-10(13)11(14)5-8/h3-5,9,12,15H,2,6-7H2,1H3. The Morgan fingerprint density at radius 2 is 2.12 bits per heavy atom. The van der Waals surface area contributed by atoms with Crippen molar-refractivity contribution < 1.29 is 0 Å². The number of nitrogens with one attached hydrogen (secondary N) is 1. The minimum absolute atomic E-state index is 0.401. The molecule has 2 rings (SSSR count). The molecular weight excluding hydrogens is 261 g/mol. The van der Waals surface area contributed by atoms with Gasteiger partial charge in [0, 0.05) is 23.6 Å². The van der Waals surface area contributed by atoms with Gasteiger partial charge < -0.3 is 5.32 Å². The molecule has 2 atom stereocenters. The first-order chi connectivity index (χ1) is 7.70. The summed E-state index contributed by atoms with van der Waals surface area (Å²) in [4.78, 5) is 0. The van der Waals surface area contributed by atoms with E-state index in [4.69, 9.17) is 23.2 Å². The third-order valence-corrected chi connectivity index (χ3v) is 4.83. The predicted molar refractivity (Wildman–Crippen MR) is 73.7 cm³/mol. The van der Waals surface area contributed by atoms with Gasteiger partial charge in [-0.05, 0) is 24.1 Å². The molecule has 1 aromatic carbocycles. The third-order valence-electron chi connectivity index (χ3n) is 2.88. The summed E-state index contributed by atoms with van der Waals surface area (Å²) >= 11 is 14.0. The summed E-state index contributed by atoms with van der Waals surface area (Å²) in [5, 5.41) is 4.91. The van der Waals surface area contributed by atoms with E-state index < -0.39 is 0 Å². The molecule has 0 aromatic heterocycles. The molecule has 1 nitrogen and oxygen atoms in total. The van der Waals surface area contributed by atoms with Crippen molar-refractivity contribution in [2.75, 3.05) is 11.5 Å². The lowest BCUT2D eigenvalue weighted by molar-refractivity contribution is 0.466. The zero-order valence-corrected chi connectivity index (χ0v) is 11.5. The van der Waals surface area contributed by atoms with Crippen LogP contribution in [0.2, 0.25) is 10.0 Å². The minimum atomic E-state index is 0.401. The third kappa shape index (κ3) is 2.86. The Labute approximate surface area is 111 Å². The summed E-state index contributed by atoms with van der Waals surface area (Å²) in [5.41, 5.74) is 1.24. The lowest BCUT2D eigenvalue weighted by Crippen LogP contribution is -2.39. The van der Waals surface area contributed by atoms with Crippen molar-refractivity contribution in [3.63, 3.8) is 0 Å². The molecule has 16 heavy (non-hydrogen) atoms. The summed E-state index contributed by atoms with van der Waals surface area (Å²) in [7, 11) is 0. The van der Waals surface area contributed by atoms with E-state index in [1.165, 1.54) is 17.7 Å². The Morgan fingerprint density at radius 1 is 1.31 bits per heavy atom. The number of benzene rings is 1. The summed E-state index contributed by atoms with van der Waals surface area (Å²) in [6.45, 7) is 2.22. The van der Waals surface area contributed by atoms with E-state index in [2.05, 4.69) is 18.3 Å². The van der Waals surface area contributed by atoms with Crippen LogP contribution in [0, 0.1) is 0 Å². The van der Waals surface area contributed by atoms with E-state index in [1.807, 2.05) is 23.9 Å². The first kappa shape index (κ1) is 12.6. The summed E-state index contributed by atoms with van der Waals surface area (Å²) in [5.74, 6) is 2.31. The van der Waals surface area contributed by atoms with Gasteiger partial charge in [0.15, 0.2) is 0 Å². The van der Waals surface area contributed by atoms with Gasteiger partial charge in [-0.1, -0.05) is 36.2 Å². The van der Waals surface area contributed by atoms with Crippen molar-refractivity contribution in [3.05, 3.63) is 33.8 Å². The van der Waals surface area contributed by atoms with Crippen molar-refractivity contribution in [2.24, 2.45) is 0 Å². The van der Waals surface area contributed by atoms with Gasteiger partial charge in [-0.25, -0.2) is 0 Å². The molecule has 1 saturated heterocycles. The van der Waals surface area contributed by atoms with Gasteiger partial charge in [-0.2, -0.15) is 11.8 Å². The molecule has 0 bridgehead atoms. The lowest BCUT2D eigenvalue weighted by Gasteiger charge is -2.30. The minimum Gasteiger partial charge on any atom is -0.306 e. The maximum absolute atomic E-state index is 6.04. The fraction of sp³-hybridized carbons (Fsp3) is 0.500. The van der Waals surface area contributed by atoms with Crippen LogP contribution >= 0.6 is 35.0 Å². The van der Waals surface area contributed by atoms with Crippen LogP contribution in [0.25, 0.3) is 0 Å². The molecule has 4 heteroatoms. The SMILES string of the molecule is CCC1CSCC(c2ccc(Cl)c(Cl)c2)N1. The zero-order valence-electron chi connectivity index (χ0n) is 9.17. The first-order valence-corrected chi connectivity index (χ1v) is 7.40. The molecule has 0 radical (unpaired) electrons. The number of thioether (sulfide) groups is 1. The summed E-state index contributed by atoms with van der Waals surface area (Å²) < 4.78 is 0. The molecule has 0 aliphatic carbocycles. The monoisotopic (exact) mass is 275 g/mol. The molecule has 1 N–H and O–H groups in total. The largest absolute Gasteiger partial charge is 0.306 e. The van der Waals surface area contributed by atoms with Crippen molar-refractivity contribution in [1.29, 1.82) is 0 Å². The number of hydrogen-bond acceptors (Lipinski definition) is 2. The normalized spacial score (nSPS) is 25.7. The molecule has 1 aliphatic rings. The Balaban J connectivity index is 2.13. The van der Waals surface area contributed by atoms with Crippen LogP contribution in [-0.2, 0) is 0 Å². The van der Waals surface area contributed by atoms with Crippen LogP contribution in [-0.4, -0.2) is 17.5 Å². The van der Waals surface area contributed by atoms with E-state index in [0.29, 0.717) is 22.1 Å². The molecule has 1 aromatic rings. The lowest BCUT2D eigenvalue weighted by atomic mass is 10.1. The quantitative estimate of drug-likeness (QED) is 0.870. The maximum Gasteiger partial charge on any atom is 0.0595 e. The van der Waals surface area contributed by atoms with Crippen molar-refractivity contribution in [2.45, 2.75) is 25.4 Å². The van der Waals surface area contributed by atoms with Gasteiger partial charge in [-0.15, -0.1) is 0 Å². The molecule has 2 unspecified atom stereocenters. The van der Waals surface area contributed by atoms with Crippen LogP contribution in [0.3, 0.4) is 0 Å². The Bertz CT molecular complexity index is 370. The number of hydrogen-bond donors (Lipinski definition) is 1. The fourth-order valence-electron chi connectivity index (χ4n) is 1.87. The zero-order chi connectivity index (χ0) is 11.5. The van der Waals surface area contributed by atoms with Crippen LogP contribution in [0.15, 0.2) is 18.2 Å². The molecule has 0 saturated carbocycles. The van der Waals surface area contributed by atoms with Gasteiger partial charge in [-0.3, -0.25) is 0 Å². The summed E-state index contributed by atoms with van der Waals surface area (Å²) in [6, 6.07) is 6.92. The number of rotatable bonds is 2. The fourth-order valence-corrected chi connectivity index (χ4v) is 3.45. The molecule has 0 amide bonds. The Kier molecular flexibility index (Phi) is 4.42. The van der Waals surface area contributed by atoms with Crippen molar-refractivity contribution in [1.82, 2.24) is 5.32 Å². The highest BCUT2D eigenvalue weighted by Gasteiger charge is 2.21.